The third-order valence-electron chi connectivity index (χ3n) is 5.03. The van der Waals surface area contributed by atoms with Gasteiger partial charge in [0.25, 0.3) is 11.5 Å². The van der Waals surface area contributed by atoms with Crippen LogP contribution in [0.25, 0.3) is 0 Å². The molecule has 1 fully saturated rings. The number of rotatable bonds is 5. The first kappa shape index (κ1) is 19.6. The smallest absolute Gasteiger partial charge is 0.277 e. The highest BCUT2D eigenvalue weighted by Crippen LogP contribution is 2.16. The molecule has 1 N–H and O–H groups in total. The molecule has 0 unspecified atom stereocenters. The summed E-state index contributed by atoms with van der Waals surface area (Å²) < 4.78 is 0. The van der Waals surface area contributed by atoms with E-state index in [-0.39, 0.29) is 11.5 Å². The number of piperazine rings is 1. The third-order valence-corrected chi connectivity index (χ3v) is 5.26. The van der Waals surface area contributed by atoms with Crippen molar-refractivity contribution in [2.75, 3.05) is 26.2 Å². The van der Waals surface area contributed by atoms with Crippen LogP contribution < -0.4 is 5.56 Å². The molecule has 2 heterocycles. The number of hydrogen-bond acceptors (Lipinski definition) is 4. The molecule has 7 heteroatoms. The molecule has 0 radical (unpaired) electrons. The summed E-state index contributed by atoms with van der Waals surface area (Å²) in [5, 5.41) is 7.31. The number of carbonyl (C=O) groups excluding carboxylic acids is 1. The van der Waals surface area contributed by atoms with Crippen molar-refractivity contribution in [2.24, 2.45) is 0 Å². The maximum absolute atomic E-state index is 13.0. The Hall–Kier alpha value is -2.18. The summed E-state index contributed by atoms with van der Waals surface area (Å²) in [5.41, 5.74) is 2.59. The number of nitrogens with zero attached hydrogens (tertiary/aromatic N) is 3. The number of halogens is 1. The lowest BCUT2D eigenvalue weighted by molar-refractivity contribution is 0.0625. The molecular formula is C20H25ClN4O2. The number of hydrogen-bond donors (Lipinski definition) is 1. The predicted octanol–water partition coefficient (Wildman–Crippen LogP) is 2.51. The van der Waals surface area contributed by atoms with Gasteiger partial charge in [-0.15, -0.1) is 0 Å². The minimum Gasteiger partial charge on any atom is -0.336 e. The van der Waals surface area contributed by atoms with Crippen LogP contribution in [0.2, 0.25) is 5.02 Å². The molecule has 0 bridgehead atoms. The highest BCUT2D eigenvalue weighted by molar-refractivity contribution is 6.30. The molecule has 2 aromatic rings. The first-order valence-corrected chi connectivity index (χ1v) is 9.77. The van der Waals surface area contributed by atoms with E-state index in [4.69, 9.17) is 11.6 Å². The topological polar surface area (TPSA) is 69.3 Å². The van der Waals surface area contributed by atoms with Gasteiger partial charge in [-0.1, -0.05) is 37.6 Å². The van der Waals surface area contributed by atoms with Crippen LogP contribution in [0.15, 0.2) is 29.1 Å². The monoisotopic (exact) mass is 388 g/mol. The summed E-state index contributed by atoms with van der Waals surface area (Å²) in [6.07, 6.45) is 1.31. The zero-order chi connectivity index (χ0) is 19.4. The van der Waals surface area contributed by atoms with Crippen molar-refractivity contribution >= 4 is 17.5 Å². The number of carbonyl (C=O) groups is 1. The van der Waals surface area contributed by atoms with E-state index in [0.717, 1.165) is 41.5 Å². The number of amides is 1. The average Bonchev–Trinajstić information content (AvgIpc) is 2.67. The van der Waals surface area contributed by atoms with Gasteiger partial charge in [0.15, 0.2) is 0 Å². The largest absolute Gasteiger partial charge is 0.336 e. The number of aryl methyl sites for hydroxylation is 1. The van der Waals surface area contributed by atoms with Gasteiger partial charge in [0, 0.05) is 37.7 Å². The summed E-state index contributed by atoms with van der Waals surface area (Å²) in [6.45, 7) is 7.47. The summed E-state index contributed by atoms with van der Waals surface area (Å²) >= 11 is 6.05. The second kappa shape index (κ2) is 8.67. The second-order valence-electron chi connectivity index (χ2n) is 6.76. The van der Waals surface area contributed by atoms with Crippen LogP contribution in [0.1, 0.15) is 41.0 Å². The molecule has 3 rings (SSSR count). The van der Waals surface area contributed by atoms with Crippen LogP contribution in [0.3, 0.4) is 0 Å². The molecule has 1 aliphatic heterocycles. The Morgan fingerprint density at radius 1 is 1.19 bits per heavy atom. The van der Waals surface area contributed by atoms with Crippen molar-refractivity contribution in [3.63, 3.8) is 0 Å². The SMILES string of the molecule is CCc1n[nH]c(=O)c(C(=O)N2CCN(Cc3cccc(Cl)c3)CC2)c1CC. The lowest BCUT2D eigenvalue weighted by atomic mass is 10.0. The zero-order valence-corrected chi connectivity index (χ0v) is 16.6. The van der Waals surface area contributed by atoms with E-state index in [0.29, 0.717) is 25.9 Å². The van der Waals surface area contributed by atoms with Gasteiger partial charge >= 0.3 is 0 Å². The Kier molecular flexibility index (Phi) is 6.29. The molecule has 0 saturated carbocycles. The van der Waals surface area contributed by atoms with Crippen LogP contribution in [-0.4, -0.2) is 52.1 Å². The Labute approximate surface area is 164 Å². The van der Waals surface area contributed by atoms with E-state index in [1.807, 2.05) is 32.0 Å². The van der Waals surface area contributed by atoms with Crippen LogP contribution in [-0.2, 0) is 19.4 Å². The Balaban J connectivity index is 1.69. The van der Waals surface area contributed by atoms with E-state index in [1.165, 1.54) is 0 Å². The van der Waals surface area contributed by atoms with Crippen LogP contribution in [0, 0.1) is 0 Å². The average molecular weight is 389 g/mol. The van der Waals surface area contributed by atoms with Crippen molar-refractivity contribution in [3.8, 4) is 0 Å². The number of benzene rings is 1. The van der Waals surface area contributed by atoms with Gasteiger partial charge in [-0.2, -0.15) is 5.10 Å². The molecule has 0 spiro atoms. The second-order valence-corrected chi connectivity index (χ2v) is 7.19. The molecule has 144 valence electrons. The number of aromatic amines is 1. The minimum atomic E-state index is -0.393. The van der Waals surface area contributed by atoms with Crippen molar-refractivity contribution < 1.29 is 4.79 Å². The molecule has 1 aromatic heterocycles. The molecule has 0 atom stereocenters. The quantitative estimate of drug-likeness (QED) is 0.854. The third kappa shape index (κ3) is 4.39. The van der Waals surface area contributed by atoms with Gasteiger partial charge in [0.1, 0.15) is 5.56 Å². The highest BCUT2D eigenvalue weighted by atomic mass is 35.5. The van der Waals surface area contributed by atoms with Gasteiger partial charge in [-0.3, -0.25) is 14.5 Å². The molecule has 27 heavy (non-hydrogen) atoms. The number of aromatic nitrogens is 2. The number of nitrogens with one attached hydrogen (secondary N) is 1. The van der Waals surface area contributed by atoms with Crippen LogP contribution >= 0.6 is 11.6 Å². The maximum Gasteiger partial charge on any atom is 0.277 e. The minimum absolute atomic E-state index is 0.187. The van der Waals surface area contributed by atoms with E-state index in [9.17, 15) is 9.59 Å². The van der Waals surface area contributed by atoms with Crippen LogP contribution in [0.5, 0.6) is 0 Å². The van der Waals surface area contributed by atoms with Crippen LogP contribution in [0.4, 0.5) is 0 Å². The molecule has 6 nitrogen and oxygen atoms in total. The van der Waals surface area contributed by atoms with E-state index in [1.54, 1.807) is 4.90 Å². The fraction of sp³-hybridized carbons (Fsp3) is 0.450. The summed E-state index contributed by atoms with van der Waals surface area (Å²) in [4.78, 5) is 29.4. The summed E-state index contributed by atoms with van der Waals surface area (Å²) in [6, 6.07) is 7.84. The van der Waals surface area contributed by atoms with Gasteiger partial charge in [-0.25, -0.2) is 5.10 Å². The van der Waals surface area contributed by atoms with Gasteiger partial charge in [0.2, 0.25) is 0 Å². The first-order valence-electron chi connectivity index (χ1n) is 9.40. The van der Waals surface area contributed by atoms with Crippen molar-refractivity contribution in [2.45, 2.75) is 33.2 Å². The highest BCUT2D eigenvalue weighted by Gasteiger charge is 2.27. The normalized spacial score (nSPS) is 15.1. The standard InChI is InChI=1S/C20H25ClN4O2/c1-3-16-17(4-2)22-23-19(26)18(16)20(27)25-10-8-24(9-11-25)13-14-6-5-7-15(21)12-14/h5-7,12H,3-4,8-11,13H2,1-2H3,(H,23,26). The molecule has 0 aliphatic carbocycles. The van der Waals surface area contributed by atoms with Crippen molar-refractivity contribution in [1.29, 1.82) is 0 Å². The zero-order valence-electron chi connectivity index (χ0n) is 15.8. The molecule has 1 aromatic carbocycles. The molecule has 1 amide bonds. The molecule has 1 aliphatic rings. The van der Waals surface area contributed by atoms with E-state index >= 15 is 0 Å². The predicted molar refractivity (Wildman–Crippen MR) is 106 cm³/mol. The first-order chi connectivity index (χ1) is 13.0. The fourth-order valence-corrected chi connectivity index (χ4v) is 3.80. The van der Waals surface area contributed by atoms with Crippen molar-refractivity contribution in [1.82, 2.24) is 20.0 Å². The fourth-order valence-electron chi connectivity index (χ4n) is 3.58. The Morgan fingerprint density at radius 3 is 2.56 bits per heavy atom. The lowest BCUT2D eigenvalue weighted by Gasteiger charge is -2.35. The van der Waals surface area contributed by atoms with E-state index in [2.05, 4.69) is 21.2 Å². The van der Waals surface area contributed by atoms with E-state index < -0.39 is 5.56 Å². The maximum atomic E-state index is 13.0. The number of H-pyrrole nitrogens is 1. The van der Waals surface area contributed by atoms with Crippen molar-refractivity contribution in [3.05, 3.63) is 62.0 Å². The summed E-state index contributed by atoms with van der Waals surface area (Å²) in [5.74, 6) is -0.187. The Morgan fingerprint density at radius 2 is 1.93 bits per heavy atom. The lowest BCUT2D eigenvalue weighted by Crippen LogP contribution is -2.49. The Bertz CT molecular complexity index is 873. The van der Waals surface area contributed by atoms with Gasteiger partial charge in [0.05, 0.1) is 5.69 Å². The summed E-state index contributed by atoms with van der Waals surface area (Å²) in [7, 11) is 0. The molecular weight excluding hydrogens is 364 g/mol. The van der Waals surface area contributed by atoms with Gasteiger partial charge < -0.3 is 4.90 Å². The molecule has 1 saturated heterocycles. The van der Waals surface area contributed by atoms with Gasteiger partial charge in [-0.05, 0) is 36.1 Å².